The topological polar surface area (TPSA) is 96.0 Å². The van der Waals surface area contributed by atoms with Gasteiger partial charge in [-0.2, -0.15) is 0 Å². The Morgan fingerprint density at radius 1 is 0.872 bits per heavy atom. The number of sulfonamides is 1. The molecule has 1 atom stereocenters. The first-order chi connectivity index (χ1) is 22.6. The second-order valence-electron chi connectivity index (χ2n) is 10.5. The Bertz CT molecular complexity index is 1770. The summed E-state index contributed by atoms with van der Waals surface area (Å²) in [5.74, 6) is -0.673. The maximum absolute atomic E-state index is 14.6. The summed E-state index contributed by atoms with van der Waals surface area (Å²) in [7, 11) is -4.29. The van der Waals surface area contributed by atoms with Crippen molar-refractivity contribution in [3.05, 3.63) is 118 Å². The van der Waals surface area contributed by atoms with Gasteiger partial charge in [0.1, 0.15) is 18.3 Å². The van der Waals surface area contributed by atoms with Gasteiger partial charge in [-0.15, -0.1) is 11.8 Å². The molecule has 0 heterocycles. The molecule has 248 valence electrons. The number of benzene rings is 4. The Hall–Kier alpha value is -3.70. The van der Waals surface area contributed by atoms with Gasteiger partial charge in [-0.3, -0.25) is 13.9 Å². The summed E-state index contributed by atoms with van der Waals surface area (Å²) in [6.07, 6.45) is 2.09. The van der Waals surface area contributed by atoms with E-state index in [1.54, 1.807) is 68.4 Å². The minimum Gasteiger partial charge on any atom is -0.492 e. The summed E-state index contributed by atoms with van der Waals surface area (Å²) in [5.41, 5.74) is 1.64. The first kappa shape index (κ1) is 36.1. The molecule has 0 bridgehead atoms. The number of nitrogens with one attached hydrogen (secondary N) is 1. The molecule has 4 aromatic carbocycles. The minimum atomic E-state index is -4.29. The van der Waals surface area contributed by atoms with Crippen LogP contribution in [0, 0.1) is 0 Å². The van der Waals surface area contributed by atoms with E-state index in [1.807, 2.05) is 36.6 Å². The Morgan fingerprint density at radius 2 is 1.55 bits per heavy atom. The van der Waals surface area contributed by atoms with Gasteiger partial charge in [0.15, 0.2) is 0 Å². The highest BCUT2D eigenvalue weighted by Gasteiger charge is 2.35. The fourth-order valence-corrected chi connectivity index (χ4v) is 7.16. The van der Waals surface area contributed by atoms with Crippen LogP contribution in [0.15, 0.2) is 107 Å². The molecule has 4 rings (SSSR count). The molecule has 0 radical (unpaired) electrons. The largest absolute Gasteiger partial charge is 0.492 e. The van der Waals surface area contributed by atoms with E-state index in [0.717, 1.165) is 14.8 Å². The van der Waals surface area contributed by atoms with E-state index in [-0.39, 0.29) is 41.1 Å². The van der Waals surface area contributed by atoms with Crippen molar-refractivity contribution in [2.45, 2.75) is 42.6 Å². The fourth-order valence-electron chi connectivity index (χ4n) is 5.01. The van der Waals surface area contributed by atoms with E-state index in [0.29, 0.717) is 22.9 Å². The normalized spacial score (nSPS) is 11.9. The van der Waals surface area contributed by atoms with E-state index in [9.17, 15) is 18.0 Å². The molecular formula is C35H37Cl2N3O5S2. The number of rotatable bonds is 15. The summed E-state index contributed by atoms with van der Waals surface area (Å²) in [6, 6.07) is 26.5. The van der Waals surface area contributed by atoms with Gasteiger partial charge in [0.05, 0.1) is 27.2 Å². The van der Waals surface area contributed by atoms with Crippen LogP contribution in [0.4, 0.5) is 5.69 Å². The number of para-hydroxylation sites is 2. The van der Waals surface area contributed by atoms with E-state index >= 15 is 0 Å². The smallest absolute Gasteiger partial charge is 0.264 e. The van der Waals surface area contributed by atoms with Gasteiger partial charge in [-0.1, -0.05) is 71.7 Å². The van der Waals surface area contributed by atoms with Crippen LogP contribution in [-0.4, -0.2) is 57.1 Å². The van der Waals surface area contributed by atoms with Crippen LogP contribution in [-0.2, 0) is 32.6 Å². The van der Waals surface area contributed by atoms with Gasteiger partial charge >= 0.3 is 0 Å². The molecule has 0 fully saturated rings. The third kappa shape index (κ3) is 9.22. The predicted molar refractivity (Wildman–Crippen MR) is 190 cm³/mol. The van der Waals surface area contributed by atoms with Crippen LogP contribution in [0.5, 0.6) is 5.75 Å². The number of likely N-dealkylation sites (N-methyl/N-ethyl adjacent to an activating group) is 1. The van der Waals surface area contributed by atoms with Crippen molar-refractivity contribution >= 4 is 62.5 Å². The Morgan fingerprint density at radius 3 is 2.19 bits per heavy atom. The van der Waals surface area contributed by atoms with Crippen molar-refractivity contribution in [1.82, 2.24) is 10.2 Å². The molecule has 0 saturated heterocycles. The SMILES string of the molecule is CCNC(=O)[C@H](Cc1ccccc1)N(Cc1ccc(Cl)c(Cl)c1)C(=O)CN(c1ccccc1OCC)S(=O)(=O)c1ccc(SC)cc1. The molecule has 0 unspecified atom stereocenters. The minimum absolute atomic E-state index is 0.00926. The van der Waals surface area contributed by atoms with Crippen LogP contribution in [0.2, 0.25) is 10.0 Å². The average molecular weight is 715 g/mol. The highest BCUT2D eigenvalue weighted by Crippen LogP contribution is 2.33. The lowest BCUT2D eigenvalue weighted by Crippen LogP contribution is -2.53. The first-order valence-electron chi connectivity index (χ1n) is 15.0. The molecule has 4 aromatic rings. The standard InChI is InChI=1S/C35H37Cl2N3O5S2/c1-4-38-35(42)32(22-25-11-7-6-8-12-25)39(23-26-15-20-29(36)30(37)21-26)34(41)24-40(31-13-9-10-14-33(31)45-5-2)47(43,44)28-18-16-27(46-3)17-19-28/h6-21,32H,4-5,22-24H2,1-3H3,(H,38,42)/t32-/m0/s1. The molecule has 0 spiro atoms. The van der Waals surface area contributed by atoms with Crippen LogP contribution in [0.3, 0.4) is 0 Å². The van der Waals surface area contributed by atoms with E-state index in [2.05, 4.69) is 5.32 Å². The van der Waals surface area contributed by atoms with Crippen LogP contribution < -0.4 is 14.4 Å². The fraction of sp³-hybridized carbons (Fsp3) is 0.257. The van der Waals surface area contributed by atoms with Crippen LogP contribution in [0.25, 0.3) is 0 Å². The first-order valence-corrected chi connectivity index (χ1v) is 18.4. The molecule has 0 aliphatic heterocycles. The van der Waals surface area contributed by atoms with Crippen molar-refractivity contribution in [1.29, 1.82) is 0 Å². The zero-order valence-corrected chi connectivity index (χ0v) is 29.5. The van der Waals surface area contributed by atoms with Crippen molar-refractivity contribution in [3.63, 3.8) is 0 Å². The molecule has 2 amide bonds. The number of thioether (sulfide) groups is 1. The number of ether oxygens (including phenoxy) is 1. The third-order valence-electron chi connectivity index (χ3n) is 7.32. The maximum atomic E-state index is 14.6. The van der Waals surface area contributed by atoms with Crippen LogP contribution >= 0.6 is 35.0 Å². The summed E-state index contributed by atoms with van der Waals surface area (Å²) in [5, 5.41) is 3.48. The summed E-state index contributed by atoms with van der Waals surface area (Å²) in [4.78, 5) is 30.6. The number of carbonyl (C=O) groups is 2. The van der Waals surface area contributed by atoms with E-state index in [1.165, 1.54) is 28.8 Å². The quantitative estimate of drug-likeness (QED) is 0.132. The molecule has 0 aliphatic carbocycles. The highest BCUT2D eigenvalue weighted by atomic mass is 35.5. The highest BCUT2D eigenvalue weighted by molar-refractivity contribution is 7.98. The summed E-state index contributed by atoms with van der Waals surface area (Å²) < 4.78 is 35.6. The number of amides is 2. The van der Waals surface area contributed by atoms with Gasteiger partial charge in [0, 0.05) is 24.4 Å². The van der Waals surface area contributed by atoms with Crippen molar-refractivity contribution < 1.29 is 22.7 Å². The lowest BCUT2D eigenvalue weighted by molar-refractivity contribution is -0.140. The Kier molecular flexibility index (Phi) is 13.0. The molecule has 8 nitrogen and oxygen atoms in total. The predicted octanol–water partition coefficient (Wildman–Crippen LogP) is 7.09. The molecule has 47 heavy (non-hydrogen) atoms. The van der Waals surface area contributed by atoms with Gasteiger partial charge < -0.3 is 15.0 Å². The number of nitrogens with zero attached hydrogens (tertiary/aromatic N) is 2. The molecule has 0 saturated carbocycles. The monoisotopic (exact) mass is 713 g/mol. The second kappa shape index (κ2) is 16.9. The molecule has 12 heteroatoms. The van der Waals surface area contributed by atoms with Crippen LogP contribution in [0.1, 0.15) is 25.0 Å². The molecule has 0 aromatic heterocycles. The number of hydrogen-bond acceptors (Lipinski definition) is 6. The molecular weight excluding hydrogens is 677 g/mol. The summed E-state index contributed by atoms with van der Waals surface area (Å²) >= 11 is 14.0. The second-order valence-corrected chi connectivity index (χ2v) is 14.0. The third-order valence-corrected chi connectivity index (χ3v) is 10.6. The molecule has 0 aliphatic rings. The van der Waals surface area contributed by atoms with Crippen molar-refractivity contribution in [2.24, 2.45) is 0 Å². The average Bonchev–Trinajstić information content (AvgIpc) is 3.07. The van der Waals surface area contributed by atoms with Gasteiger partial charge in [-0.25, -0.2) is 8.42 Å². The summed E-state index contributed by atoms with van der Waals surface area (Å²) in [6.45, 7) is 3.57. The van der Waals surface area contributed by atoms with E-state index < -0.39 is 28.5 Å². The van der Waals surface area contributed by atoms with Gasteiger partial charge in [-0.05, 0) is 79.8 Å². The maximum Gasteiger partial charge on any atom is 0.264 e. The molecule has 1 N–H and O–H groups in total. The van der Waals surface area contributed by atoms with E-state index in [4.69, 9.17) is 27.9 Å². The lowest BCUT2D eigenvalue weighted by atomic mass is 10.0. The van der Waals surface area contributed by atoms with Gasteiger partial charge in [0.2, 0.25) is 11.8 Å². The number of anilines is 1. The van der Waals surface area contributed by atoms with Gasteiger partial charge in [0.25, 0.3) is 10.0 Å². The van der Waals surface area contributed by atoms with Crippen molar-refractivity contribution in [2.75, 3.05) is 30.3 Å². The zero-order valence-electron chi connectivity index (χ0n) is 26.4. The number of halogens is 2. The Labute approximate surface area is 291 Å². The number of hydrogen-bond donors (Lipinski definition) is 1. The number of carbonyl (C=O) groups excluding carboxylic acids is 2. The zero-order chi connectivity index (χ0) is 34.0. The lowest BCUT2D eigenvalue weighted by Gasteiger charge is -2.34. The van der Waals surface area contributed by atoms with Crippen molar-refractivity contribution in [3.8, 4) is 5.75 Å². The Balaban J connectivity index is 1.84.